The molecule has 0 amide bonds. The molecule has 0 saturated carbocycles. The van der Waals surface area contributed by atoms with Crippen LogP contribution in [0.5, 0.6) is 23.0 Å². The molecule has 4 aromatic carbocycles. The molecule has 0 unspecified atom stereocenters. The third-order valence-electron chi connectivity index (χ3n) is 15.8. The Morgan fingerprint density at radius 2 is 0.500 bits per heavy atom. The van der Waals surface area contributed by atoms with Gasteiger partial charge in [-0.05, 0) is 95.1 Å². The number of pyridine rings is 4. The third kappa shape index (κ3) is 8.84. The maximum atomic E-state index is 15.1. The van der Waals surface area contributed by atoms with E-state index in [9.17, 15) is 0 Å². The van der Waals surface area contributed by atoms with Crippen LogP contribution in [0.4, 0.5) is 0 Å². The molecule has 13 rings (SSSR count). The van der Waals surface area contributed by atoms with Gasteiger partial charge in [-0.15, -0.1) is 0 Å². The van der Waals surface area contributed by atoms with Crippen LogP contribution in [0.25, 0.3) is 43.1 Å². The van der Waals surface area contributed by atoms with Crippen LogP contribution in [0.1, 0.15) is 67.8 Å². The predicted molar refractivity (Wildman–Crippen MR) is 310 cm³/mol. The van der Waals surface area contributed by atoms with Gasteiger partial charge < -0.3 is 57.2 Å². The number of aromatic nitrogens is 8. The minimum absolute atomic E-state index is 0.187. The van der Waals surface area contributed by atoms with Gasteiger partial charge in [-0.1, -0.05) is 48.5 Å². The summed E-state index contributed by atoms with van der Waals surface area (Å²) in [6, 6.07) is 38.5. The number of hydrogen-bond donors (Lipinski definition) is 4. The maximum absolute atomic E-state index is 15.1. The fourth-order valence-corrected chi connectivity index (χ4v) is 11.7. The van der Waals surface area contributed by atoms with Crippen molar-refractivity contribution >= 4 is 43.1 Å². The van der Waals surface area contributed by atoms with Crippen molar-refractivity contribution in [3.63, 3.8) is 0 Å². The van der Waals surface area contributed by atoms with Gasteiger partial charge in [-0.25, -0.2) is 0 Å². The van der Waals surface area contributed by atoms with Crippen molar-refractivity contribution < 1.29 is 18.9 Å². The van der Waals surface area contributed by atoms with E-state index in [4.69, 9.17) is 18.9 Å². The Morgan fingerprint density at radius 3 is 0.688 bits per heavy atom. The topological polar surface area (TPSA) is 188 Å². The molecule has 9 heterocycles. The van der Waals surface area contributed by atoms with Crippen LogP contribution >= 0.6 is 0 Å². The van der Waals surface area contributed by atoms with Gasteiger partial charge in [0.05, 0.1) is 76.2 Å². The van der Waals surface area contributed by atoms with Crippen LogP contribution in [0.15, 0.2) is 165 Å². The number of H-pyrrole nitrogens is 4. The smallest absolute Gasteiger partial charge is 0.260 e. The highest BCUT2D eigenvalue weighted by Crippen LogP contribution is 2.34. The molecule has 4 N–H and O–H groups in total. The second kappa shape index (κ2) is 20.1. The number of rotatable bonds is 12. The van der Waals surface area contributed by atoms with Crippen molar-refractivity contribution in [1.29, 1.82) is 0 Å². The third-order valence-corrected chi connectivity index (χ3v) is 15.8. The van der Waals surface area contributed by atoms with E-state index in [1.807, 2.05) is 146 Å². The van der Waals surface area contributed by atoms with E-state index in [2.05, 4.69) is 19.9 Å². The number of aromatic amines is 4. The highest BCUT2D eigenvalue weighted by molar-refractivity contribution is 5.94. The molecule has 0 saturated heterocycles. The number of fused-ring (bicyclic) bond motifs is 20. The standard InChI is InChI=1S/C64H56N8O8/c1-77-41-13-5-37(6-14-41)33-69-25-21-45-49-30-54-59-47(23-27-71(63(59)75)35-39-9-17-43(79-3)18-10-39)51(67-54)32-56-60-48(24-28-72(64(60)76)36-40-11-19-44(80-4)20-12-40)52(68-56)31-55-58-46(50(66-55)29-53(65-49)57(45)61(69)73)22-26-70(62(58)74)34-38-7-15-42(78-2)16-8-38/h5-28,65-68H,29-36H2,1-4H3. The van der Waals surface area contributed by atoms with Crippen LogP contribution in [0.2, 0.25) is 0 Å². The molecule has 0 aliphatic carbocycles. The van der Waals surface area contributed by atoms with Gasteiger partial charge in [0.25, 0.3) is 22.2 Å². The maximum Gasteiger partial charge on any atom is 0.260 e. The Balaban J connectivity index is 1.02. The summed E-state index contributed by atoms with van der Waals surface area (Å²) in [5.41, 5.74) is 8.54. The summed E-state index contributed by atoms with van der Waals surface area (Å²) in [6.45, 7) is 1.27. The van der Waals surface area contributed by atoms with Crippen LogP contribution in [-0.2, 0) is 51.9 Å². The Bertz CT molecular complexity index is 4020. The Hall–Kier alpha value is -9.96. The quantitative estimate of drug-likeness (QED) is 0.0932. The molecule has 0 fully saturated rings. The van der Waals surface area contributed by atoms with E-state index in [0.717, 1.165) is 68.0 Å². The Morgan fingerprint density at radius 1 is 0.300 bits per heavy atom. The largest absolute Gasteiger partial charge is 0.497 e. The SMILES string of the molecule is COc1ccc(Cn2ccc3c4[nH]c(c3c2=O)Cc2[nH]c(c3c(=O)n(Cc5ccc(OC)cc5)ccc23)Cc2[nH]c(c3c(=O)n(Cc5ccc(OC)cc5)ccc23)Cc2[nH]c(c3c(=O)n(Cc5ccc(OC)cc5)ccc23)C4)cc1. The van der Waals surface area contributed by atoms with E-state index >= 15 is 19.2 Å². The summed E-state index contributed by atoms with van der Waals surface area (Å²) in [6.07, 6.45) is 8.21. The first kappa shape index (κ1) is 49.6. The number of nitrogens with zero attached hydrogens (tertiary/aromatic N) is 4. The first-order chi connectivity index (χ1) is 39.0. The zero-order valence-electron chi connectivity index (χ0n) is 44.6. The fraction of sp³-hybridized carbons (Fsp3) is 0.188. The van der Waals surface area contributed by atoms with E-state index in [1.165, 1.54) is 0 Å². The van der Waals surface area contributed by atoms with Crippen LogP contribution in [0.3, 0.4) is 0 Å². The van der Waals surface area contributed by atoms with Gasteiger partial charge in [-0.3, -0.25) is 19.2 Å². The van der Waals surface area contributed by atoms with Crippen LogP contribution in [0, 0.1) is 0 Å². The molecule has 1 aliphatic heterocycles. The predicted octanol–water partition coefficient (Wildman–Crippen LogP) is 9.16. The average molecular weight is 1070 g/mol. The molecule has 16 heteroatoms. The summed E-state index contributed by atoms with van der Waals surface area (Å²) in [7, 11) is 6.49. The van der Waals surface area contributed by atoms with Crippen molar-refractivity contribution in [3.05, 3.63) is 255 Å². The molecular formula is C64H56N8O8. The fourth-order valence-electron chi connectivity index (χ4n) is 11.7. The normalized spacial score (nSPS) is 12.4. The molecule has 8 bridgehead atoms. The number of nitrogens with one attached hydrogen (secondary N) is 4. The lowest BCUT2D eigenvalue weighted by Gasteiger charge is -2.09. The van der Waals surface area contributed by atoms with Crippen molar-refractivity contribution in [1.82, 2.24) is 38.2 Å². The monoisotopic (exact) mass is 1060 g/mol. The van der Waals surface area contributed by atoms with E-state index < -0.39 is 0 Å². The second-order valence-corrected chi connectivity index (χ2v) is 20.6. The molecule has 12 aromatic rings. The summed E-state index contributed by atoms with van der Waals surface area (Å²) in [4.78, 5) is 75.4. The second-order valence-electron chi connectivity index (χ2n) is 20.6. The molecule has 16 nitrogen and oxygen atoms in total. The lowest BCUT2D eigenvalue weighted by Crippen LogP contribution is -2.21. The lowest BCUT2D eigenvalue weighted by atomic mass is 10.0. The number of ether oxygens (including phenoxy) is 4. The summed E-state index contributed by atoms with van der Waals surface area (Å²) < 4.78 is 28.5. The lowest BCUT2D eigenvalue weighted by molar-refractivity contribution is 0.414. The summed E-state index contributed by atoms with van der Waals surface area (Å²) >= 11 is 0. The number of hydrogen-bond acceptors (Lipinski definition) is 8. The first-order valence-corrected chi connectivity index (χ1v) is 26.5. The van der Waals surface area contributed by atoms with Gasteiger partial charge in [0, 0.05) is 118 Å². The van der Waals surface area contributed by atoms with Crippen molar-refractivity contribution in [2.45, 2.75) is 51.9 Å². The minimum Gasteiger partial charge on any atom is -0.497 e. The van der Waals surface area contributed by atoms with Gasteiger partial charge in [0.15, 0.2) is 0 Å². The highest BCUT2D eigenvalue weighted by atomic mass is 16.5. The van der Waals surface area contributed by atoms with Crippen LogP contribution < -0.4 is 41.2 Å². The molecule has 80 heavy (non-hydrogen) atoms. The van der Waals surface area contributed by atoms with Crippen molar-refractivity contribution in [2.75, 3.05) is 28.4 Å². The Kier molecular flexibility index (Phi) is 12.5. The number of methoxy groups -OCH3 is 4. The van der Waals surface area contributed by atoms with Crippen molar-refractivity contribution in [3.8, 4) is 23.0 Å². The molecule has 1 aliphatic rings. The van der Waals surface area contributed by atoms with Gasteiger partial charge in [-0.2, -0.15) is 0 Å². The molecule has 8 aromatic heterocycles. The zero-order chi connectivity index (χ0) is 54.8. The molecule has 400 valence electrons. The number of benzene rings is 4. The minimum atomic E-state index is -0.187. The average Bonchev–Trinajstić information content (AvgIpc) is 4.35. The molecule has 0 atom stereocenters. The Labute approximate surface area is 457 Å². The summed E-state index contributed by atoms with van der Waals surface area (Å²) in [5, 5.41) is 4.91. The van der Waals surface area contributed by atoms with Gasteiger partial charge >= 0.3 is 0 Å². The zero-order valence-corrected chi connectivity index (χ0v) is 44.6. The van der Waals surface area contributed by atoms with Gasteiger partial charge in [0.2, 0.25) is 0 Å². The van der Waals surface area contributed by atoms with E-state index in [-0.39, 0.29) is 47.9 Å². The van der Waals surface area contributed by atoms with E-state index in [1.54, 1.807) is 46.7 Å². The van der Waals surface area contributed by atoms with Crippen molar-refractivity contribution in [2.24, 2.45) is 0 Å². The van der Waals surface area contributed by atoms with E-state index in [0.29, 0.717) is 92.0 Å². The van der Waals surface area contributed by atoms with Crippen LogP contribution in [-0.4, -0.2) is 66.6 Å². The molecule has 0 spiro atoms. The first-order valence-electron chi connectivity index (χ1n) is 26.5. The molecular weight excluding hydrogens is 1010 g/mol. The molecule has 0 radical (unpaired) electrons. The highest BCUT2D eigenvalue weighted by Gasteiger charge is 2.26. The summed E-state index contributed by atoms with van der Waals surface area (Å²) in [5.74, 6) is 2.87. The van der Waals surface area contributed by atoms with Gasteiger partial charge in [0.1, 0.15) is 23.0 Å².